The molecule has 1 aliphatic heterocycles. The van der Waals surface area contributed by atoms with E-state index in [0.29, 0.717) is 18.3 Å². The Morgan fingerprint density at radius 3 is 2.72 bits per heavy atom. The van der Waals surface area contributed by atoms with Gasteiger partial charge in [0.15, 0.2) is 0 Å². The third kappa shape index (κ3) is 3.92. The summed E-state index contributed by atoms with van der Waals surface area (Å²) in [5, 5.41) is 11.2. The first-order chi connectivity index (χ1) is 12.4. The molecule has 8 nitrogen and oxygen atoms in total. The maximum Gasteiger partial charge on any atom is 0.320 e. The van der Waals surface area contributed by atoms with Crippen LogP contribution in [0.1, 0.15) is 11.6 Å². The normalized spacial score (nSPS) is 14.5. The Kier molecular flexibility index (Phi) is 4.51. The van der Waals surface area contributed by atoms with Gasteiger partial charge in [0.2, 0.25) is 5.89 Å². The molecule has 25 heavy (non-hydrogen) atoms. The molecule has 0 unspecified atom stereocenters. The summed E-state index contributed by atoms with van der Waals surface area (Å²) >= 11 is 0. The smallest absolute Gasteiger partial charge is 0.320 e. The Balaban J connectivity index is 1.44. The van der Waals surface area contributed by atoms with E-state index in [9.17, 15) is 0 Å². The van der Waals surface area contributed by atoms with Crippen molar-refractivity contribution < 1.29 is 9.15 Å². The zero-order chi connectivity index (χ0) is 16.9. The van der Waals surface area contributed by atoms with E-state index in [1.54, 1.807) is 6.33 Å². The van der Waals surface area contributed by atoms with Crippen LogP contribution in [0.5, 0.6) is 0 Å². The molecule has 1 aliphatic rings. The number of morpholine rings is 1. The van der Waals surface area contributed by atoms with Crippen LogP contribution >= 0.6 is 0 Å². The molecule has 8 heteroatoms. The van der Waals surface area contributed by atoms with Gasteiger partial charge in [-0.1, -0.05) is 23.3 Å². The average molecular weight is 338 g/mol. The largest absolute Gasteiger partial charge is 0.407 e. The zero-order valence-electron chi connectivity index (χ0n) is 13.6. The number of para-hydroxylation sites is 1. The molecule has 0 amide bonds. The van der Waals surface area contributed by atoms with Gasteiger partial charge in [-0.2, -0.15) is 0 Å². The number of nitrogens with zero attached hydrogens (tertiary/aromatic N) is 5. The van der Waals surface area contributed by atoms with E-state index in [0.717, 1.165) is 43.5 Å². The highest BCUT2D eigenvalue weighted by Gasteiger charge is 2.14. The molecule has 4 rings (SSSR count). The lowest BCUT2D eigenvalue weighted by Gasteiger charge is -2.27. The van der Waals surface area contributed by atoms with Crippen molar-refractivity contribution in [3.05, 3.63) is 54.3 Å². The van der Waals surface area contributed by atoms with Gasteiger partial charge in [-0.15, -0.1) is 5.10 Å². The Labute approximate surface area is 144 Å². The lowest BCUT2D eigenvalue weighted by atomic mass is 10.3. The molecule has 3 aromatic rings. The van der Waals surface area contributed by atoms with Crippen LogP contribution in [-0.4, -0.2) is 46.5 Å². The molecule has 128 valence electrons. The predicted octanol–water partition coefficient (Wildman–Crippen LogP) is 2.03. The SMILES string of the molecule is c1ccc(Nc2nnc(Cc3cc(N4CCOCC4)ncn3)o2)cc1. The second-order valence-electron chi connectivity index (χ2n) is 5.64. The zero-order valence-corrected chi connectivity index (χ0v) is 13.6. The molecule has 2 aromatic heterocycles. The lowest BCUT2D eigenvalue weighted by molar-refractivity contribution is 0.122. The number of nitrogens with one attached hydrogen (secondary N) is 1. The summed E-state index contributed by atoms with van der Waals surface area (Å²) in [5.41, 5.74) is 1.74. The van der Waals surface area contributed by atoms with Gasteiger partial charge in [0.05, 0.1) is 25.3 Å². The van der Waals surface area contributed by atoms with Gasteiger partial charge in [0.1, 0.15) is 12.1 Å². The van der Waals surface area contributed by atoms with Crippen molar-refractivity contribution in [3.8, 4) is 0 Å². The third-order valence-corrected chi connectivity index (χ3v) is 3.87. The van der Waals surface area contributed by atoms with E-state index in [1.807, 2.05) is 36.4 Å². The average Bonchev–Trinajstić information content (AvgIpc) is 3.10. The molecule has 3 heterocycles. The van der Waals surface area contributed by atoms with Crippen LogP contribution in [0.4, 0.5) is 17.5 Å². The van der Waals surface area contributed by atoms with E-state index in [2.05, 4.69) is 30.4 Å². The van der Waals surface area contributed by atoms with E-state index < -0.39 is 0 Å². The molecule has 0 aliphatic carbocycles. The maximum absolute atomic E-state index is 5.65. The van der Waals surface area contributed by atoms with Gasteiger partial charge < -0.3 is 19.4 Å². The van der Waals surface area contributed by atoms with Crippen LogP contribution in [0.15, 0.2) is 47.1 Å². The van der Waals surface area contributed by atoms with Crippen molar-refractivity contribution >= 4 is 17.5 Å². The van der Waals surface area contributed by atoms with E-state index >= 15 is 0 Å². The second kappa shape index (κ2) is 7.27. The van der Waals surface area contributed by atoms with Crippen molar-refractivity contribution in [3.63, 3.8) is 0 Å². The Bertz CT molecular complexity index is 817. The Morgan fingerprint density at radius 1 is 1.04 bits per heavy atom. The van der Waals surface area contributed by atoms with E-state index in [4.69, 9.17) is 9.15 Å². The van der Waals surface area contributed by atoms with Crippen molar-refractivity contribution in [1.82, 2.24) is 20.2 Å². The predicted molar refractivity (Wildman–Crippen MR) is 91.9 cm³/mol. The standard InChI is InChI=1S/C17H18N6O2/c1-2-4-13(5-3-1)20-17-22-21-16(25-17)11-14-10-15(19-12-18-14)23-6-8-24-9-7-23/h1-5,10,12H,6-9,11H2,(H,20,22). The molecular formula is C17H18N6O2. The van der Waals surface area contributed by atoms with Crippen LogP contribution in [0.25, 0.3) is 0 Å². The minimum atomic E-state index is 0.364. The van der Waals surface area contributed by atoms with E-state index in [-0.39, 0.29) is 0 Å². The highest BCUT2D eigenvalue weighted by Crippen LogP contribution is 2.18. The number of rotatable bonds is 5. The van der Waals surface area contributed by atoms with E-state index in [1.165, 1.54) is 0 Å². The molecule has 0 bridgehead atoms. The number of hydrogen-bond donors (Lipinski definition) is 1. The summed E-state index contributed by atoms with van der Waals surface area (Å²) in [5.74, 6) is 1.40. The highest BCUT2D eigenvalue weighted by atomic mass is 16.5. The molecule has 0 radical (unpaired) electrons. The van der Waals surface area contributed by atoms with Crippen molar-refractivity contribution in [1.29, 1.82) is 0 Å². The summed E-state index contributed by atoms with van der Waals surface area (Å²) in [6, 6.07) is 12.0. The minimum absolute atomic E-state index is 0.364. The van der Waals surface area contributed by atoms with Gasteiger partial charge in [-0.25, -0.2) is 9.97 Å². The first-order valence-electron chi connectivity index (χ1n) is 8.15. The molecule has 0 spiro atoms. The second-order valence-corrected chi connectivity index (χ2v) is 5.64. The first kappa shape index (κ1) is 15.5. The summed E-state index contributed by atoms with van der Waals surface area (Å²) in [6.45, 7) is 3.11. The van der Waals surface area contributed by atoms with Crippen LogP contribution in [0, 0.1) is 0 Å². The number of aromatic nitrogens is 4. The first-order valence-corrected chi connectivity index (χ1v) is 8.15. The van der Waals surface area contributed by atoms with Crippen LogP contribution in [0.3, 0.4) is 0 Å². The minimum Gasteiger partial charge on any atom is -0.407 e. The summed E-state index contributed by atoms with van der Waals surface area (Å²) < 4.78 is 11.0. The third-order valence-electron chi connectivity index (χ3n) is 3.87. The summed E-state index contributed by atoms with van der Waals surface area (Å²) in [4.78, 5) is 10.8. The number of hydrogen-bond acceptors (Lipinski definition) is 8. The Morgan fingerprint density at radius 2 is 1.88 bits per heavy atom. The lowest BCUT2D eigenvalue weighted by Crippen LogP contribution is -2.36. The number of anilines is 3. The van der Waals surface area contributed by atoms with Gasteiger partial charge in [-0.05, 0) is 12.1 Å². The molecule has 0 saturated carbocycles. The summed E-state index contributed by atoms with van der Waals surface area (Å²) in [7, 11) is 0. The molecule has 1 saturated heterocycles. The van der Waals surface area contributed by atoms with Gasteiger partial charge >= 0.3 is 6.01 Å². The number of ether oxygens (including phenoxy) is 1. The van der Waals surface area contributed by atoms with Crippen LogP contribution < -0.4 is 10.2 Å². The quantitative estimate of drug-likeness (QED) is 0.756. The molecule has 1 N–H and O–H groups in total. The fourth-order valence-corrected chi connectivity index (χ4v) is 2.62. The van der Waals surface area contributed by atoms with Crippen molar-refractivity contribution in [2.24, 2.45) is 0 Å². The highest BCUT2D eigenvalue weighted by molar-refractivity contribution is 5.51. The molecular weight excluding hydrogens is 320 g/mol. The van der Waals surface area contributed by atoms with Gasteiger partial charge in [0, 0.05) is 24.8 Å². The van der Waals surface area contributed by atoms with Crippen LogP contribution in [0.2, 0.25) is 0 Å². The maximum atomic E-state index is 5.65. The number of benzene rings is 1. The molecule has 1 fully saturated rings. The monoisotopic (exact) mass is 338 g/mol. The fourth-order valence-electron chi connectivity index (χ4n) is 2.62. The van der Waals surface area contributed by atoms with Crippen LogP contribution in [-0.2, 0) is 11.2 Å². The molecule has 1 aromatic carbocycles. The Hall–Kier alpha value is -3.00. The van der Waals surface area contributed by atoms with Crippen molar-refractivity contribution in [2.75, 3.05) is 36.5 Å². The fraction of sp³-hybridized carbons (Fsp3) is 0.294. The topological polar surface area (TPSA) is 89.2 Å². The van der Waals surface area contributed by atoms with Crippen molar-refractivity contribution in [2.45, 2.75) is 6.42 Å². The summed E-state index contributed by atoms with van der Waals surface area (Å²) in [6.07, 6.45) is 2.03. The van der Waals surface area contributed by atoms with Gasteiger partial charge in [0.25, 0.3) is 0 Å². The molecule has 0 atom stereocenters. The van der Waals surface area contributed by atoms with Gasteiger partial charge in [-0.3, -0.25) is 0 Å².